The van der Waals surface area contributed by atoms with E-state index in [9.17, 15) is 9.59 Å². The number of rotatable bonds is 7. The largest absolute Gasteiger partial charge is 0.385 e. The molecule has 2 N–H and O–H groups in total. The van der Waals surface area contributed by atoms with Gasteiger partial charge in [-0.1, -0.05) is 45.9 Å². The molecule has 1 fully saturated rings. The maximum Gasteiger partial charge on any atom is 0.254 e. The number of fused-ring (bicyclic) bond motifs is 1. The lowest BCUT2D eigenvalue weighted by molar-refractivity contribution is -0.118. The molecule has 1 saturated carbocycles. The van der Waals surface area contributed by atoms with Gasteiger partial charge in [0.25, 0.3) is 5.91 Å². The zero-order valence-electron chi connectivity index (χ0n) is 16.6. The minimum atomic E-state index is -0.159. The highest BCUT2D eigenvalue weighted by molar-refractivity contribution is 7.23. The van der Waals surface area contributed by atoms with Crippen LogP contribution in [0.3, 0.4) is 0 Å². The van der Waals surface area contributed by atoms with Gasteiger partial charge in [0.05, 0.1) is 5.56 Å². The highest BCUT2D eigenvalue weighted by atomic mass is 32.1. The number of amides is 2. The van der Waals surface area contributed by atoms with Gasteiger partial charge >= 0.3 is 0 Å². The number of benzene rings is 1. The molecule has 146 valence electrons. The Kier molecular flexibility index (Phi) is 5.32. The molecule has 0 saturated heterocycles. The van der Waals surface area contributed by atoms with Crippen LogP contribution in [0.5, 0.6) is 0 Å². The van der Waals surface area contributed by atoms with Gasteiger partial charge in [0, 0.05) is 36.3 Å². The van der Waals surface area contributed by atoms with Gasteiger partial charge in [0.1, 0.15) is 5.00 Å². The van der Waals surface area contributed by atoms with Crippen LogP contribution in [-0.4, -0.2) is 32.1 Å². The van der Waals surface area contributed by atoms with E-state index in [1.165, 1.54) is 11.3 Å². The second-order valence-electron chi connectivity index (χ2n) is 8.27. The van der Waals surface area contributed by atoms with E-state index in [0.717, 1.165) is 16.5 Å². The molecule has 1 aliphatic rings. The molecule has 2 aromatic rings. The Bertz CT molecular complexity index is 855. The molecule has 0 aliphatic heterocycles. The van der Waals surface area contributed by atoms with E-state index in [0.29, 0.717) is 23.7 Å². The van der Waals surface area contributed by atoms with Gasteiger partial charge in [0.15, 0.2) is 0 Å². The third-order valence-corrected chi connectivity index (χ3v) is 7.24. The molecular formula is C21H28N2O3S. The first kappa shape index (κ1) is 19.8. The lowest BCUT2D eigenvalue weighted by atomic mass is 10.0. The normalized spacial score (nSPS) is 17.7. The number of anilines is 1. The van der Waals surface area contributed by atoms with Crippen LogP contribution in [0.1, 0.15) is 44.5 Å². The van der Waals surface area contributed by atoms with Gasteiger partial charge in [-0.25, -0.2) is 0 Å². The predicted octanol–water partition coefficient (Wildman–Crippen LogP) is 4.29. The number of methoxy groups -OCH3 is 1. The molecule has 1 aromatic carbocycles. The topological polar surface area (TPSA) is 67.4 Å². The fraction of sp³-hybridized carbons (Fsp3) is 0.524. The molecule has 0 bridgehead atoms. The quantitative estimate of drug-likeness (QED) is 0.696. The molecule has 0 spiro atoms. The van der Waals surface area contributed by atoms with Crippen LogP contribution in [0, 0.1) is 16.7 Å². The lowest BCUT2D eigenvalue weighted by Crippen LogP contribution is -2.26. The van der Waals surface area contributed by atoms with Crippen LogP contribution in [0.25, 0.3) is 10.1 Å². The number of thiophene rings is 1. The lowest BCUT2D eigenvalue weighted by Gasteiger charge is -2.09. The van der Waals surface area contributed by atoms with Crippen molar-refractivity contribution in [3.05, 3.63) is 29.8 Å². The molecule has 2 amide bonds. The Labute approximate surface area is 164 Å². The molecule has 0 unspecified atom stereocenters. The van der Waals surface area contributed by atoms with Crippen molar-refractivity contribution in [2.24, 2.45) is 16.7 Å². The Morgan fingerprint density at radius 1 is 1.15 bits per heavy atom. The van der Waals surface area contributed by atoms with Crippen LogP contribution in [0.4, 0.5) is 5.00 Å². The highest BCUT2D eigenvalue weighted by Crippen LogP contribution is 2.68. The highest BCUT2D eigenvalue weighted by Gasteiger charge is 2.68. The van der Waals surface area contributed by atoms with Gasteiger partial charge in [-0.3, -0.25) is 9.59 Å². The van der Waals surface area contributed by atoms with E-state index in [1.54, 1.807) is 7.11 Å². The predicted molar refractivity (Wildman–Crippen MR) is 110 cm³/mol. The number of ether oxygens (including phenoxy) is 1. The van der Waals surface area contributed by atoms with Crippen molar-refractivity contribution in [2.75, 3.05) is 25.6 Å². The second-order valence-corrected chi connectivity index (χ2v) is 9.32. The van der Waals surface area contributed by atoms with Crippen LogP contribution in [0.15, 0.2) is 24.3 Å². The zero-order chi connectivity index (χ0) is 19.8. The monoisotopic (exact) mass is 388 g/mol. The van der Waals surface area contributed by atoms with Crippen molar-refractivity contribution >= 4 is 38.2 Å². The molecule has 1 aliphatic carbocycles. The van der Waals surface area contributed by atoms with Gasteiger partial charge in [0.2, 0.25) is 5.91 Å². The third kappa shape index (κ3) is 3.48. The Hall–Kier alpha value is -1.92. The van der Waals surface area contributed by atoms with Crippen molar-refractivity contribution < 1.29 is 14.3 Å². The summed E-state index contributed by atoms with van der Waals surface area (Å²) in [6.45, 7) is 9.60. The number of hydrogen-bond donors (Lipinski definition) is 2. The van der Waals surface area contributed by atoms with Crippen LogP contribution in [-0.2, 0) is 9.53 Å². The van der Waals surface area contributed by atoms with Crippen molar-refractivity contribution in [2.45, 2.75) is 34.1 Å². The number of carbonyl (C=O) groups is 2. The number of hydrogen-bond acceptors (Lipinski definition) is 4. The van der Waals surface area contributed by atoms with Gasteiger partial charge in [-0.05, 0) is 23.3 Å². The molecule has 5 nitrogen and oxygen atoms in total. The third-order valence-electron chi connectivity index (χ3n) is 6.15. The first-order valence-corrected chi connectivity index (χ1v) is 10.1. The number of carbonyl (C=O) groups excluding carboxylic acids is 2. The van der Waals surface area contributed by atoms with E-state index < -0.39 is 0 Å². The first-order chi connectivity index (χ1) is 12.7. The standard InChI is InChI=1S/C21H28N2O3S/c1-20(2)16(21(20,3)4)18(25)23-19-15(17(24)22-11-8-12-26-5)13-9-6-7-10-14(13)27-19/h6-7,9-10,16H,8,11-12H2,1-5H3,(H,22,24)(H,23,25). The van der Waals surface area contributed by atoms with E-state index in [4.69, 9.17) is 4.74 Å². The Morgan fingerprint density at radius 3 is 2.44 bits per heavy atom. The maximum atomic E-state index is 12.9. The molecule has 6 heteroatoms. The Balaban J connectivity index is 1.85. The molecule has 3 rings (SSSR count). The SMILES string of the molecule is COCCCNC(=O)c1c(NC(=O)C2C(C)(C)C2(C)C)sc2ccccc12. The summed E-state index contributed by atoms with van der Waals surface area (Å²) < 4.78 is 6.02. The summed E-state index contributed by atoms with van der Waals surface area (Å²) in [5, 5.41) is 7.49. The molecule has 27 heavy (non-hydrogen) atoms. The molecule has 1 aromatic heterocycles. The summed E-state index contributed by atoms with van der Waals surface area (Å²) in [6.07, 6.45) is 0.746. The van der Waals surface area contributed by atoms with Crippen molar-refractivity contribution in [1.29, 1.82) is 0 Å². The smallest absolute Gasteiger partial charge is 0.254 e. The van der Waals surface area contributed by atoms with E-state index >= 15 is 0 Å². The molecule has 1 heterocycles. The average molecular weight is 389 g/mol. The summed E-state index contributed by atoms with van der Waals surface area (Å²) in [5.74, 6) is -0.231. The molecule has 0 radical (unpaired) electrons. The zero-order valence-corrected chi connectivity index (χ0v) is 17.5. The van der Waals surface area contributed by atoms with Crippen LogP contribution in [0.2, 0.25) is 0 Å². The fourth-order valence-electron chi connectivity index (χ4n) is 3.90. The van der Waals surface area contributed by atoms with Crippen molar-refractivity contribution in [3.63, 3.8) is 0 Å². The first-order valence-electron chi connectivity index (χ1n) is 9.31. The van der Waals surface area contributed by atoms with Crippen LogP contribution < -0.4 is 10.6 Å². The van der Waals surface area contributed by atoms with Gasteiger partial charge < -0.3 is 15.4 Å². The van der Waals surface area contributed by atoms with Gasteiger partial charge in [-0.15, -0.1) is 11.3 Å². The van der Waals surface area contributed by atoms with E-state index in [2.05, 4.69) is 38.3 Å². The summed E-state index contributed by atoms with van der Waals surface area (Å²) in [6, 6.07) is 7.76. The molecular weight excluding hydrogens is 360 g/mol. The van der Waals surface area contributed by atoms with Crippen molar-refractivity contribution in [3.8, 4) is 0 Å². The summed E-state index contributed by atoms with van der Waals surface area (Å²) in [7, 11) is 1.64. The minimum absolute atomic E-state index is 0.00927. The number of nitrogens with one attached hydrogen (secondary N) is 2. The van der Waals surface area contributed by atoms with E-state index in [-0.39, 0.29) is 28.6 Å². The summed E-state index contributed by atoms with van der Waals surface area (Å²) in [5.41, 5.74) is 0.463. The van der Waals surface area contributed by atoms with E-state index in [1.807, 2.05) is 24.3 Å². The maximum absolute atomic E-state index is 12.9. The van der Waals surface area contributed by atoms with Crippen molar-refractivity contribution in [1.82, 2.24) is 5.32 Å². The van der Waals surface area contributed by atoms with Crippen LogP contribution >= 0.6 is 11.3 Å². The van der Waals surface area contributed by atoms with Gasteiger partial charge in [-0.2, -0.15) is 0 Å². The fourth-order valence-corrected chi connectivity index (χ4v) is 5.00. The summed E-state index contributed by atoms with van der Waals surface area (Å²) in [4.78, 5) is 25.7. The average Bonchev–Trinajstić information content (AvgIpc) is 2.88. The second kappa shape index (κ2) is 7.24. The Morgan fingerprint density at radius 2 is 1.81 bits per heavy atom. The summed E-state index contributed by atoms with van der Waals surface area (Å²) >= 11 is 1.45. The molecule has 0 atom stereocenters. The minimum Gasteiger partial charge on any atom is -0.385 e.